The molecule has 1 aromatic carbocycles. The van der Waals surface area contributed by atoms with Crippen molar-refractivity contribution in [2.24, 2.45) is 0 Å². The van der Waals surface area contributed by atoms with Gasteiger partial charge in [0.25, 0.3) is 5.91 Å². The Bertz CT molecular complexity index is 928. The molecule has 0 unspecified atom stereocenters. The highest BCUT2D eigenvalue weighted by Crippen LogP contribution is 2.40. The first-order valence-corrected chi connectivity index (χ1v) is 8.73. The van der Waals surface area contributed by atoms with Crippen LogP contribution in [0.15, 0.2) is 0 Å². The Balaban J connectivity index is 2.02. The molecule has 144 valence electrons. The summed E-state index contributed by atoms with van der Waals surface area (Å²) in [7, 11) is 0. The first kappa shape index (κ1) is 19.3. The number of fused-ring (bicyclic) bond motifs is 1. The lowest BCUT2D eigenvalue weighted by Crippen LogP contribution is -2.20. The fraction of sp³-hybridized carbons (Fsp3) is 0.294. The van der Waals surface area contributed by atoms with Crippen molar-refractivity contribution in [1.29, 1.82) is 0 Å². The third kappa shape index (κ3) is 3.18. The van der Waals surface area contributed by atoms with Gasteiger partial charge in [0.15, 0.2) is 23.3 Å². The molecule has 1 heterocycles. The van der Waals surface area contributed by atoms with Crippen LogP contribution in [-0.4, -0.2) is 18.5 Å². The number of nitrogens with one attached hydrogen (secondary N) is 1. The van der Waals surface area contributed by atoms with E-state index in [9.17, 15) is 31.5 Å². The van der Waals surface area contributed by atoms with Gasteiger partial charge in [-0.15, -0.1) is 11.3 Å². The van der Waals surface area contributed by atoms with Crippen molar-refractivity contribution in [3.63, 3.8) is 0 Å². The highest BCUT2D eigenvalue weighted by molar-refractivity contribution is 7.17. The normalized spacial score (nSPS) is 12.8. The van der Waals surface area contributed by atoms with Crippen LogP contribution < -0.4 is 5.32 Å². The number of aryl methyl sites for hydroxylation is 1. The molecular formula is C17H12F5NO3S. The van der Waals surface area contributed by atoms with E-state index in [1.165, 1.54) is 0 Å². The van der Waals surface area contributed by atoms with Gasteiger partial charge in [0.05, 0.1) is 12.2 Å². The molecule has 0 saturated heterocycles. The van der Waals surface area contributed by atoms with E-state index in [0.29, 0.717) is 18.4 Å². The van der Waals surface area contributed by atoms with Gasteiger partial charge in [-0.1, -0.05) is 0 Å². The molecule has 0 saturated carbocycles. The van der Waals surface area contributed by atoms with Crippen LogP contribution in [0.25, 0.3) is 0 Å². The molecule has 0 atom stereocenters. The van der Waals surface area contributed by atoms with Crippen LogP contribution in [-0.2, 0) is 17.6 Å². The Kier molecular flexibility index (Phi) is 5.18. The fourth-order valence-corrected chi connectivity index (χ4v) is 4.15. The number of hydrogen-bond donors (Lipinski definition) is 1. The summed E-state index contributed by atoms with van der Waals surface area (Å²) in [6.07, 6.45) is 1.99. The van der Waals surface area contributed by atoms with E-state index in [0.717, 1.165) is 22.6 Å². The van der Waals surface area contributed by atoms with Crippen LogP contribution in [0.1, 0.15) is 44.5 Å². The lowest BCUT2D eigenvalue weighted by Gasteiger charge is -2.10. The largest absolute Gasteiger partial charge is 0.462 e. The summed E-state index contributed by atoms with van der Waals surface area (Å²) < 4.78 is 72.4. The highest BCUT2D eigenvalue weighted by atomic mass is 32.1. The Hall–Kier alpha value is -2.49. The summed E-state index contributed by atoms with van der Waals surface area (Å²) in [5.41, 5.74) is -0.910. The van der Waals surface area contributed by atoms with Gasteiger partial charge in [-0.2, -0.15) is 0 Å². The third-order valence-corrected chi connectivity index (χ3v) is 5.27. The molecule has 3 rings (SSSR count). The van der Waals surface area contributed by atoms with E-state index in [1.807, 2.05) is 0 Å². The summed E-state index contributed by atoms with van der Waals surface area (Å²) in [5, 5.41) is 2.05. The van der Waals surface area contributed by atoms with Gasteiger partial charge < -0.3 is 10.1 Å². The summed E-state index contributed by atoms with van der Waals surface area (Å²) in [6, 6.07) is 0. The predicted octanol–water partition coefficient (Wildman–Crippen LogP) is 4.36. The van der Waals surface area contributed by atoms with Gasteiger partial charge in [0.2, 0.25) is 5.82 Å². The van der Waals surface area contributed by atoms with Crippen LogP contribution in [0, 0.1) is 29.1 Å². The van der Waals surface area contributed by atoms with Crippen LogP contribution in [0.2, 0.25) is 0 Å². The van der Waals surface area contributed by atoms with E-state index in [4.69, 9.17) is 4.74 Å². The number of thiophene rings is 1. The molecule has 10 heteroatoms. The summed E-state index contributed by atoms with van der Waals surface area (Å²) >= 11 is 1.01. The van der Waals surface area contributed by atoms with Crippen LogP contribution in [0.4, 0.5) is 27.0 Å². The van der Waals surface area contributed by atoms with Crippen molar-refractivity contribution in [2.75, 3.05) is 11.9 Å². The van der Waals surface area contributed by atoms with Gasteiger partial charge in [-0.3, -0.25) is 4.79 Å². The van der Waals surface area contributed by atoms with Gasteiger partial charge >= 0.3 is 5.97 Å². The number of anilines is 1. The van der Waals surface area contributed by atoms with Crippen molar-refractivity contribution in [2.45, 2.75) is 26.2 Å². The van der Waals surface area contributed by atoms with Crippen molar-refractivity contribution < 1.29 is 36.3 Å². The predicted molar refractivity (Wildman–Crippen MR) is 86.5 cm³/mol. The first-order valence-electron chi connectivity index (χ1n) is 7.92. The maximum absolute atomic E-state index is 13.8. The van der Waals surface area contributed by atoms with Crippen molar-refractivity contribution in [3.8, 4) is 0 Å². The number of esters is 1. The van der Waals surface area contributed by atoms with Crippen molar-refractivity contribution in [1.82, 2.24) is 0 Å². The number of rotatable bonds is 4. The zero-order valence-corrected chi connectivity index (χ0v) is 14.7. The number of carbonyl (C=O) groups is 2. The molecule has 1 aliphatic carbocycles. The fourth-order valence-electron chi connectivity index (χ4n) is 2.88. The van der Waals surface area contributed by atoms with E-state index < -0.39 is 46.5 Å². The van der Waals surface area contributed by atoms with E-state index in [1.54, 1.807) is 6.92 Å². The molecule has 2 aromatic rings. The van der Waals surface area contributed by atoms with Gasteiger partial charge in [-0.25, -0.2) is 26.7 Å². The van der Waals surface area contributed by atoms with Crippen molar-refractivity contribution in [3.05, 3.63) is 50.7 Å². The topological polar surface area (TPSA) is 55.4 Å². The number of hydrogen-bond acceptors (Lipinski definition) is 4. The summed E-state index contributed by atoms with van der Waals surface area (Å²) in [4.78, 5) is 25.2. The molecule has 1 aliphatic rings. The molecule has 27 heavy (non-hydrogen) atoms. The molecule has 0 fully saturated rings. The monoisotopic (exact) mass is 405 g/mol. The second kappa shape index (κ2) is 7.26. The average molecular weight is 405 g/mol. The van der Waals surface area contributed by atoms with Gasteiger partial charge in [-0.05, 0) is 31.7 Å². The molecule has 0 radical (unpaired) electrons. The number of benzene rings is 1. The zero-order chi connectivity index (χ0) is 19.9. The summed E-state index contributed by atoms with van der Waals surface area (Å²) in [5.74, 6) is -13.6. The molecule has 0 bridgehead atoms. The molecule has 0 aliphatic heterocycles. The highest BCUT2D eigenvalue weighted by Gasteiger charge is 2.32. The molecule has 4 nitrogen and oxygen atoms in total. The molecule has 1 N–H and O–H groups in total. The molecule has 1 amide bonds. The average Bonchev–Trinajstić information content (AvgIpc) is 3.19. The minimum atomic E-state index is -2.36. The van der Waals surface area contributed by atoms with Crippen LogP contribution >= 0.6 is 11.3 Å². The summed E-state index contributed by atoms with van der Waals surface area (Å²) in [6.45, 7) is 1.64. The third-order valence-electron chi connectivity index (χ3n) is 4.06. The van der Waals surface area contributed by atoms with E-state index >= 15 is 0 Å². The van der Waals surface area contributed by atoms with Crippen LogP contribution in [0.5, 0.6) is 0 Å². The van der Waals surface area contributed by atoms with E-state index in [-0.39, 0.29) is 17.2 Å². The molecule has 0 spiro atoms. The Morgan fingerprint density at radius 2 is 1.56 bits per heavy atom. The lowest BCUT2D eigenvalue weighted by molar-refractivity contribution is 0.0527. The SMILES string of the molecule is CCOC(=O)c1c(NC(=O)c2c(F)c(F)c(F)c(F)c2F)sc2c1CCC2. The number of amides is 1. The number of carbonyl (C=O) groups excluding carboxylic acids is 2. The standard InChI is InChI=1S/C17H12F5NO3S/c1-2-26-17(25)8-6-4-3-5-7(6)27-16(8)23-15(24)9-10(18)12(20)14(22)13(21)11(9)19/h2-5H2,1H3,(H,23,24). The Morgan fingerprint density at radius 3 is 2.15 bits per heavy atom. The minimum absolute atomic E-state index is 0.0478. The maximum Gasteiger partial charge on any atom is 0.341 e. The number of halogens is 5. The molecule has 1 aromatic heterocycles. The number of ether oxygens (including phenoxy) is 1. The van der Waals surface area contributed by atoms with Gasteiger partial charge in [0.1, 0.15) is 10.6 Å². The quantitative estimate of drug-likeness (QED) is 0.356. The van der Waals surface area contributed by atoms with Crippen LogP contribution in [0.3, 0.4) is 0 Å². The van der Waals surface area contributed by atoms with E-state index in [2.05, 4.69) is 5.32 Å². The second-order valence-corrected chi connectivity index (χ2v) is 6.79. The Morgan fingerprint density at radius 1 is 0.963 bits per heavy atom. The minimum Gasteiger partial charge on any atom is -0.462 e. The lowest BCUT2D eigenvalue weighted by atomic mass is 10.1. The maximum atomic E-state index is 13.8. The first-order chi connectivity index (χ1) is 12.8. The van der Waals surface area contributed by atoms with Gasteiger partial charge in [0, 0.05) is 4.88 Å². The van der Waals surface area contributed by atoms with Crippen molar-refractivity contribution >= 4 is 28.2 Å². The zero-order valence-electron chi connectivity index (χ0n) is 13.9. The molecular weight excluding hydrogens is 393 g/mol. The second-order valence-electron chi connectivity index (χ2n) is 5.68. The smallest absolute Gasteiger partial charge is 0.341 e. The Labute approximate surface area is 153 Å².